The summed E-state index contributed by atoms with van der Waals surface area (Å²) in [5.41, 5.74) is 1.53. The lowest BCUT2D eigenvalue weighted by molar-refractivity contribution is -0.117. The van der Waals surface area contributed by atoms with Gasteiger partial charge in [-0.25, -0.2) is 0 Å². The minimum atomic E-state index is -0.132. The van der Waals surface area contributed by atoms with Crippen LogP contribution >= 0.6 is 0 Å². The molecule has 0 aromatic heterocycles. The highest BCUT2D eigenvalue weighted by Crippen LogP contribution is 2.25. The summed E-state index contributed by atoms with van der Waals surface area (Å²) in [6, 6.07) is 7.60. The van der Waals surface area contributed by atoms with Crippen LogP contribution in [-0.2, 0) is 4.79 Å². The van der Waals surface area contributed by atoms with Crippen LogP contribution in [0.15, 0.2) is 29.8 Å². The van der Waals surface area contributed by atoms with E-state index >= 15 is 0 Å². The van der Waals surface area contributed by atoms with Gasteiger partial charge in [0.05, 0.1) is 5.57 Å². The number of carbonyl (C=O) groups excluding carboxylic acids is 1. The second-order valence-corrected chi connectivity index (χ2v) is 3.83. The highest BCUT2D eigenvalue weighted by Gasteiger charge is 2.16. The summed E-state index contributed by atoms with van der Waals surface area (Å²) in [6.45, 7) is 0.856. The third-order valence-corrected chi connectivity index (χ3v) is 2.54. The number of aliphatic hydroxyl groups is 1. The Labute approximate surface area is 99.9 Å². The number of hydrogen-bond donors (Lipinski definition) is 2. The van der Waals surface area contributed by atoms with Gasteiger partial charge in [-0.3, -0.25) is 4.79 Å². The zero-order chi connectivity index (χ0) is 12.1. The zero-order valence-corrected chi connectivity index (χ0v) is 9.48. The Kier molecular flexibility index (Phi) is 3.77. The lowest BCUT2D eigenvalue weighted by Gasteiger charge is -2.17. The van der Waals surface area contributed by atoms with E-state index in [-0.39, 0.29) is 12.5 Å². The van der Waals surface area contributed by atoms with Crippen molar-refractivity contribution in [2.75, 3.05) is 19.8 Å². The number of benzene rings is 1. The van der Waals surface area contributed by atoms with Gasteiger partial charge in [-0.15, -0.1) is 0 Å². The molecular weight excluding hydrogens is 218 g/mol. The number of amides is 1. The molecule has 1 aromatic rings. The SMILES string of the molecule is O=C(NCCCO)C1=Cc2ccccc2OC1. The first-order chi connectivity index (χ1) is 8.31. The minimum absolute atomic E-state index is 0.0820. The predicted molar refractivity (Wildman–Crippen MR) is 64.6 cm³/mol. The van der Waals surface area contributed by atoms with Gasteiger partial charge in [-0.2, -0.15) is 0 Å². The maximum absolute atomic E-state index is 11.7. The van der Waals surface area contributed by atoms with Gasteiger partial charge in [-0.1, -0.05) is 18.2 Å². The molecule has 0 fully saturated rings. The van der Waals surface area contributed by atoms with Gasteiger partial charge in [0.1, 0.15) is 12.4 Å². The van der Waals surface area contributed by atoms with Crippen molar-refractivity contribution in [2.45, 2.75) is 6.42 Å². The van der Waals surface area contributed by atoms with E-state index in [9.17, 15) is 4.79 Å². The highest BCUT2D eigenvalue weighted by molar-refractivity contribution is 5.99. The standard InChI is InChI=1S/C13H15NO3/c15-7-3-6-14-13(16)11-8-10-4-1-2-5-12(10)17-9-11/h1-2,4-5,8,15H,3,6-7,9H2,(H,14,16). The number of ether oxygens (including phenoxy) is 1. The maximum Gasteiger partial charge on any atom is 0.250 e. The van der Waals surface area contributed by atoms with E-state index in [0.29, 0.717) is 25.1 Å². The van der Waals surface area contributed by atoms with Crippen molar-refractivity contribution in [2.24, 2.45) is 0 Å². The molecule has 0 aliphatic carbocycles. The lowest BCUT2D eigenvalue weighted by Crippen LogP contribution is -2.29. The molecule has 0 spiro atoms. The largest absolute Gasteiger partial charge is 0.488 e. The highest BCUT2D eigenvalue weighted by atomic mass is 16.5. The van der Waals surface area contributed by atoms with Crippen LogP contribution in [0.5, 0.6) is 5.75 Å². The first-order valence-electron chi connectivity index (χ1n) is 5.62. The van der Waals surface area contributed by atoms with Crippen LogP contribution < -0.4 is 10.1 Å². The van der Waals surface area contributed by atoms with Crippen LogP contribution in [0.2, 0.25) is 0 Å². The van der Waals surface area contributed by atoms with Gasteiger partial charge in [0.15, 0.2) is 0 Å². The Morgan fingerprint density at radius 2 is 2.24 bits per heavy atom. The molecule has 17 heavy (non-hydrogen) atoms. The monoisotopic (exact) mass is 233 g/mol. The topological polar surface area (TPSA) is 58.6 Å². The molecule has 1 amide bonds. The second kappa shape index (κ2) is 5.50. The molecule has 4 heteroatoms. The second-order valence-electron chi connectivity index (χ2n) is 3.83. The van der Waals surface area contributed by atoms with E-state index in [0.717, 1.165) is 11.3 Å². The summed E-state index contributed by atoms with van der Waals surface area (Å²) in [4.78, 5) is 11.7. The Bertz CT molecular complexity index is 440. The smallest absolute Gasteiger partial charge is 0.250 e. The van der Waals surface area contributed by atoms with Gasteiger partial charge in [0.2, 0.25) is 0 Å². The van der Waals surface area contributed by atoms with Crippen LogP contribution in [0.4, 0.5) is 0 Å². The summed E-state index contributed by atoms with van der Waals surface area (Å²) < 4.78 is 5.48. The van der Waals surface area contributed by atoms with Crippen molar-refractivity contribution in [3.8, 4) is 5.75 Å². The van der Waals surface area contributed by atoms with E-state index in [1.165, 1.54) is 0 Å². The van der Waals surface area contributed by atoms with Crippen molar-refractivity contribution < 1.29 is 14.6 Å². The van der Waals surface area contributed by atoms with E-state index in [2.05, 4.69) is 5.32 Å². The van der Waals surface area contributed by atoms with Crippen molar-refractivity contribution in [3.05, 3.63) is 35.4 Å². The minimum Gasteiger partial charge on any atom is -0.488 e. The van der Waals surface area contributed by atoms with Crippen LogP contribution in [0.25, 0.3) is 6.08 Å². The summed E-state index contributed by atoms with van der Waals surface area (Å²) in [7, 11) is 0. The third kappa shape index (κ3) is 2.85. The Hall–Kier alpha value is -1.81. The predicted octanol–water partition coefficient (Wildman–Crippen LogP) is 0.961. The maximum atomic E-state index is 11.7. The number of carbonyl (C=O) groups is 1. The van der Waals surface area contributed by atoms with E-state index in [1.54, 1.807) is 0 Å². The Morgan fingerprint density at radius 1 is 1.41 bits per heavy atom. The number of nitrogens with one attached hydrogen (secondary N) is 1. The van der Waals surface area contributed by atoms with Crippen molar-refractivity contribution in [1.29, 1.82) is 0 Å². The number of aliphatic hydroxyl groups excluding tert-OH is 1. The molecule has 0 saturated carbocycles. The molecule has 1 heterocycles. The summed E-state index contributed by atoms with van der Waals surface area (Å²) >= 11 is 0. The number of hydrogen-bond acceptors (Lipinski definition) is 3. The fourth-order valence-corrected chi connectivity index (χ4v) is 1.64. The molecule has 0 unspecified atom stereocenters. The van der Waals surface area contributed by atoms with Crippen LogP contribution in [0.1, 0.15) is 12.0 Å². The van der Waals surface area contributed by atoms with Gasteiger partial charge in [-0.05, 0) is 18.6 Å². The molecule has 0 saturated heterocycles. The molecular formula is C13H15NO3. The molecule has 0 radical (unpaired) electrons. The van der Waals surface area contributed by atoms with Crippen molar-refractivity contribution in [3.63, 3.8) is 0 Å². The third-order valence-electron chi connectivity index (χ3n) is 2.54. The quantitative estimate of drug-likeness (QED) is 0.762. The molecule has 2 N–H and O–H groups in total. The van der Waals surface area contributed by atoms with Gasteiger partial charge in [0.25, 0.3) is 5.91 Å². The normalized spacial score (nSPS) is 13.4. The molecule has 0 bridgehead atoms. The zero-order valence-electron chi connectivity index (χ0n) is 9.48. The summed E-state index contributed by atoms with van der Waals surface area (Å²) in [5.74, 6) is 0.673. The molecule has 0 atom stereocenters. The van der Waals surface area contributed by atoms with Crippen LogP contribution in [0.3, 0.4) is 0 Å². The summed E-state index contributed by atoms with van der Waals surface area (Å²) in [6.07, 6.45) is 2.41. The van der Waals surface area contributed by atoms with Gasteiger partial charge < -0.3 is 15.2 Å². The van der Waals surface area contributed by atoms with Crippen LogP contribution in [0, 0.1) is 0 Å². The van der Waals surface area contributed by atoms with E-state index < -0.39 is 0 Å². The molecule has 2 rings (SSSR count). The van der Waals surface area contributed by atoms with E-state index in [4.69, 9.17) is 9.84 Å². The molecule has 4 nitrogen and oxygen atoms in total. The lowest BCUT2D eigenvalue weighted by atomic mass is 10.1. The first kappa shape index (κ1) is 11.7. The molecule has 1 aromatic carbocycles. The molecule has 1 aliphatic heterocycles. The van der Waals surface area contributed by atoms with E-state index in [1.807, 2.05) is 30.3 Å². The fraction of sp³-hybridized carbons (Fsp3) is 0.308. The Morgan fingerprint density at radius 3 is 3.06 bits per heavy atom. The average Bonchev–Trinajstić information content (AvgIpc) is 2.38. The van der Waals surface area contributed by atoms with Gasteiger partial charge >= 0.3 is 0 Å². The van der Waals surface area contributed by atoms with Crippen molar-refractivity contribution >= 4 is 12.0 Å². The molecule has 1 aliphatic rings. The van der Waals surface area contributed by atoms with Gasteiger partial charge in [0, 0.05) is 18.7 Å². The average molecular weight is 233 g/mol. The van der Waals surface area contributed by atoms with Crippen molar-refractivity contribution in [1.82, 2.24) is 5.32 Å². The first-order valence-corrected chi connectivity index (χ1v) is 5.62. The number of para-hydroxylation sites is 1. The van der Waals surface area contributed by atoms with Crippen LogP contribution in [-0.4, -0.2) is 30.8 Å². The summed E-state index contributed by atoms with van der Waals surface area (Å²) in [5, 5.41) is 11.4. The fourth-order valence-electron chi connectivity index (χ4n) is 1.64. The number of fused-ring (bicyclic) bond motifs is 1. The Balaban J connectivity index is 2.04. The molecule has 90 valence electrons. The number of rotatable bonds is 4.